The Balaban J connectivity index is 0.000000257. The lowest BCUT2D eigenvalue weighted by atomic mass is 10.1. The molecule has 0 fully saturated rings. The van der Waals surface area contributed by atoms with Crippen LogP contribution < -0.4 is 5.73 Å². The lowest BCUT2D eigenvalue weighted by molar-refractivity contribution is -0.138. The third kappa shape index (κ3) is 5.74. The maximum Gasteiger partial charge on any atom is 0.418 e. The molecule has 0 aliphatic heterocycles. The second kappa shape index (κ2) is 9.57. The van der Waals surface area contributed by atoms with Crippen molar-refractivity contribution in [3.05, 3.63) is 88.0 Å². The molecule has 5 nitrogen and oxygen atoms in total. The molecule has 3 aromatic rings. The number of nitrogens with zero attached hydrogens (tertiary/aromatic N) is 1. The van der Waals surface area contributed by atoms with Crippen molar-refractivity contribution in [1.29, 1.82) is 0 Å². The van der Waals surface area contributed by atoms with Crippen LogP contribution in [0.4, 0.5) is 30.7 Å². The minimum absolute atomic E-state index is 0.000484. The highest BCUT2D eigenvalue weighted by atomic mass is 19.4. The van der Waals surface area contributed by atoms with Crippen molar-refractivity contribution < 1.29 is 45.4 Å². The van der Waals surface area contributed by atoms with Gasteiger partial charge in [0.1, 0.15) is 5.82 Å². The number of aryl methyl sites for hydroxylation is 1. The lowest BCUT2D eigenvalue weighted by Crippen LogP contribution is -2.18. The minimum Gasteiger partial charge on any atom is -0.478 e. The number of halogens is 7. The second-order valence-corrected chi connectivity index (χ2v) is 6.99. The van der Waals surface area contributed by atoms with E-state index in [0.29, 0.717) is 11.8 Å². The van der Waals surface area contributed by atoms with E-state index in [9.17, 15) is 40.3 Å². The summed E-state index contributed by atoms with van der Waals surface area (Å²) in [5.41, 5.74) is 2.46. The zero-order valence-corrected chi connectivity index (χ0v) is 17.6. The molecular formula is C22H17F7N2O3. The number of para-hydroxylation sites is 1. The highest BCUT2D eigenvalue weighted by molar-refractivity contribution is 5.94. The average Bonchev–Trinajstić information content (AvgIpc) is 3.01. The fourth-order valence-electron chi connectivity index (χ4n) is 3.22. The first-order chi connectivity index (χ1) is 15.6. The molecule has 3 rings (SSSR count). The Kier molecular flexibility index (Phi) is 7.44. The molecule has 182 valence electrons. The molecule has 0 unspecified atom stereocenters. The molecule has 0 saturated heterocycles. The first-order valence-corrected chi connectivity index (χ1v) is 9.31. The number of aromatic carboxylic acids is 1. The monoisotopic (exact) mass is 490 g/mol. The highest BCUT2D eigenvalue weighted by Gasteiger charge is 2.35. The van der Waals surface area contributed by atoms with Gasteiger partial charge in [-0.15, -0.1) is 0 Å². The first-order valence-electron chi connectivity index (χ1n) is 9.31. The number of alkyl halides is 6. The number of primary amides is 1. The SMILES string of the molecule is Cc1cc(C(=O)O)c(C)n1-c1ccccc1C(F)(F)F.NC(=O)c1ccc(F)cc1C(F)(F)F. The first kappa shape index (κ1) is 26.4. The normalized spacial score (nSPS) is 11.6. The second-order valence-electron chi connectivity index (χ2n) is 6.99. The number of carboxylic acids is 1. The molecule has 0 bridgehead atoms. The van der Waals surface area contributed by atoms with Crippen LogP contribution in [-0.2, 0) is 12.4 Å². The van der Waals surface area contributed by atoms with Crippen LogP contribution >= 0.6 is 0 Å². The Morgan fingerprint density at radius 2 is 1.41 bits per heavy atom. The summed E-state index contributed by atoms with van der Waals surface area (Å²) in [4.78, 5) is 21.6. The molecule has 0 aliphatic rings. The molecule has 12 heteroatoms. The molecule has 0 atom stereocenters. The Hall–Kier alpha value is -3.83. The van der Waals surface area contributed by atoms with Crippen LogP contribution in [-0.4, -0.2) is 21.6 Å². The smallest absolute Gasteiger partial charge is 0.418 e. The number of hydrogen-bond acceptors (Lipinski definition) is 2. The summed E-state index contributed by atoms with van der Waals surface area (Å²) in [6, 6.07) is 8.16. The Bertz CT molecular complexity index is 1230. The van der Waals surface area contributed by atoms with E-state index in [-0.39, 0.29) is 23.0 Å². The average molecular weight is 490 g/mol. The summed E-state index contributed by atoms with van der Waals surface area (Å²) < 4.78 is 89.5. The third-order valence-corrected chi connectivity index (χ3v) is 4.66. The van der Waals surface area contributed by atoms with Crippen LogP contribution in [0.2, 0.25) is 0 Å². The molecule has 0 radical (unpaired) electrons. The van der Waals surface area contributed by atoms with E-state index in [2.05, 4.69) is 0 Å². The van der Waals surface area contributed by atoms with Crippen molar-refractivity contribution in [2.75, 3.05) is 0 Å². The van der Waals surface area contributed by atoms with Crippen molar-refractivity contribution in [2.45, 2.75) is 26.2 Å². The molecule has 1 heterocycles. The van der Waals surface area contributed by atoms with E-state index in [1.807, 2.05) is 0 Å². The Morgan fingerprint density at radius 1 is 0.853 bits per heavy atom. The van der Waals surface area contributed by atoms with Crippen LogP contribution in [0.25, 0.3) is 5.69 Å². The fraction of sp³-hybridized carbons (Fsp3) is 0.182. The molecule has 2 aromatic carbocycles. The third-order valence-electron chi connectivity index (χ3n) is 4.66. The van der Waals surface area contributed by atoms with E-state index < -0.39 is 46.7 Å². The number of carbonyl (C=O) groups excluding carboxylic acids is 1. The minimum atomic E-state index is -4.79. The number of benzene rings is 2. The number of rotatable bonds is 3. The van der Waals surface area contributed by atoms with Crippen LogP contribution in [0.3, 0.4) is 0 Å². The van der Waals surface area contributed by atoms with Crippen LogP contribution in [0.5, 0.6) is 0 Å². The predicted molar refractivity (Wildman–Crippen MR) is 107 cm³/mol. The van der Waals surface area contributed by atoms with E-state index in [1.54, 1.807) is 6.92 Å². The molecule has 3 N–H and O–H groups in total. The van der Waals surface area contributed by atoms with Gasteiger partial charge >= 0.3 is 18.3 Å². The van der Waals surface area contributed by atoms with Gasteiger partial charge in [-0.3, -0.25) is 4.79 Å². The zero-order chi connectivity index (χ0) is 26.0. The van der Waals surface area contributed by atoms with E-state index >= 15 is 0 Å². The van der Waals surface area contributed by atoms with E-state index in [1.165, 1.54) is 35.8 Å². The van der Waals surface area contributed by atoms with Crippen LogP contribution in [0.15, 0.2) is 48.5 Å². The Morgan fingerprint density at radius 3 is 1.88 bits per heavy atom. The summed E-state index contributed by atoms with van der Waals surface area (Å²) in [5.74, 6) is -3.46. The van der Waals surface area contributed by atoms with E-state index in [4.69, 9.17) is 10.8 Å². The summed E-state index contributed by atoms with van der Waals surface area (Å²) in [6.45, 7) is 3.07. The number of nitrogens with two attached hydrogens (primary N) is 1. The molecule has 1 aromatic heterocycles. The summed E-state index contributed by atoms with van der Waals surface area (Å²) in [6.07, 6.45) is -9.28. The van der Waals surface area contributed by atoms with E-state index in [0.717, 1.165) is 12.1 Å². The molecule has 0 spiro atoms. The molecular weight excluding hydrogens is 473 g/mol. The van der Waals surface area contributed by atoms with Crippen molar-refractivity contribution >= 4 is 11.9 Å². The summed E-state index contributed by atoms with van der Waals surface area (Å²) >= 11 is 0. The maximum atomic E-state index is 13.0. The van der Waals surface area contributed by atoms with Gasteiger partial charge < -0.3 is 15.4 Å². The molecule has 0 saturated carbocycles. The van der Waals surface area contributed by atoms with Crippen molar-refractivity contribution in [3.8, 4) is 5.69 Å². The van der Waals surface area contributed by atoms with Crippen LogP contribution in [0, 0.1) is 19.7 Å². The molecule has 1 amide bonds. The van der Waals surface area contributed by atoms with Crippen molar-refractivity contribution in [3.63, 3.8) is 0 Å². The van der Waals surface area contributed by atoms with Gasteiger partial charge in [0, 0.05) is 11.4 Å². The van der Waals surface area contributed by atoms with Gasteiger partial charge in [0.25, 0.3) is 0 Å². The van der Waals surface area contributed by atoms with Gasteiger partial charge in [-0.2, -0.15) is 26.3 Å². The van der Waals surface area contributed by atoms with Gasteiger partial charge in [-0.25, -0.2) is 9.18 Å². The fourth-order valence-corrected chi connectivity index (χ4v) is 3.22. The van der Waals surface area contributed by atoms with Gasteiger partial charge in [0.2, 0.25) is 5.91 Å². The van der Waals surface area contributed by atoms with Gasteiger partial charge in [-0.05, 0) is 50.2 Å². The zero-order valence-electron chi connectivity index (χ0n) is 17.6. The number of aromatic nitrogens is 1. The largest absolute Gasteiger partial charge is 0.478 e. The number of hydrogen-bond donors (Lipinski definition) is 2. The summed E-state index contributed by atoms with van der Waals surface area (Å²) in [7, 11) is 0. The molecule has 0 aliphatic carbocycles. The maximum absolute atomic E-state index is 13.0. The van der Waals surface area contributed by atoms with Crippen molar-refractivity contribution in [2.24, 2.45) is 5.73 Å². The predicted octanol–water partition coefficient (Wildman–Crippen LogP) is 5.75. The van der Waals surface area contributed by atoms with Gasteiger partial charge in [-0.1, -0.05) is 12.1 Å². The highest BCUT2D eigenvalue weighted by Crippen LogP contribution is 2.35. The Labute approximate surface area is 188 Å². The quantitative estimate of drug-likeness (QED) is 0.458. The van der Waals surface area contributed by atoms with Crippen LogP contribution in [0.1, 0.15) is 43.2 Å². The number of carboxylic acid groups (broad SMARTS) is 1. The lowest BCUT2D eigenvalue weighted by Gasteiger charge is -2.16. The number of carbonyl (C=O) groups is 2. The van der Waals surface area contributed by atoms with Gasteiger partial charge in [0.05, 0.1) is 27.9 Å². The van der Waals surface area contributed by atoms with Gasteiger partial charge in [0.15, 0.2) is 0 Å². The summed E-state index contributed by atoms with van der Waals surface area (Å²) in [5, 5.41) is 9.04. The van der Waals surface area contributed by atoms with Crippen molar-refractivity contribution in [1.82, 2.24) is 4.57 Å². The topological polar surface area (TPSA) is 85.3 Å². The standard InChI is InChI=1S/C14H12F3NO2.C8H5F4NO/c1-8-7-10(13(19)20)9(2)18(8)12-6-4-3-5-11(12)14(15,16)17;9-4-1-2-5(7(13)14)6(3-4)8(10,11)12/h3-7H,1-2H3,(H,19,20);1-3H,(H2,13,14). The molecule has 34 heavy (non-hydrogen) atoms. The number of amides is 1.